The lowest BCUT2D eigenvalue weighted by Crippen LogP contribution is -2.35. The van der Waals surface area contributed by atoms with E-state index in [4.69, 9.17) is 9.73 Å². The molecule has 1 fully saturated rings. The number of allylic oxidation sites excluding steroid dienone is 2. The average molecular weight is 437 g/mol. The van der Waals surface area contributed by atoms with E-state index < -0.39 is 0 Å². The number of rotatable bonds is 5. The van der Waals surface area contributed by atoms with E-state index in [0.717, 1.165) is 76.8 Å². The molecule has 4 rings (SSSR count). The smallest absolute Gasteiger partial charge is 0.264 e. The molecule has 2 aliphatic heterocycles. The van der Waals surface area contributed by atoms with Crippen LogP contribution in [0.25, 0.3) is 16.7 Å². The van der Waals surface area contributed by atoms with Crippen LogP contribution < -0.4 is 14.6 Å². The maximum atomic E-state index is 13.6. The van der Waals surface area contributed by atoms with Gasteiger partial charge in [0.15, 0.2) is 0 Å². The van der Waals surface area contributed by atoms with Crippen molar-refractivity contribution >= 4 is 22.8 Å². The van der Waals surface area contributed by atoms with Crippen molar-refractivity contribution in [2.45, 2.75) is 59.3 Å². The number of ether oxygens (including phenoxy) is 1. The molecule has 2 aromatic rings. The fourth-order valence-corrected chi connectivity index (χ4v) is 5.95. The number of likely N-dealkylation sites (tertiary alicyclic amines) is 1. The van der Waals surface area contributed by atoms with Crippen LogP contribution >= 0.6 is 11.3 Å². The summed E-state index contributed by atoms with van der Waals surface area (Å²) in [5, 5.41) is 1.16. The van der Waals surface area contributed by atoms with Crippen LogP contribution in [0.1, 0.15) is 69.0 Å². The Bertz CT molecular complexity index is 1120. The minimum Gasteiger partial charge on any atom is -0.497 e. The average Bonchev–Trinajstić information content (AvgIpc) is 3.14. The van der Waals surface area contributed by atoms with Gasteiger partial charge in [-0.25, -0.2) is 4.99 Å². The summed E-state index contributed by atoms with van der Waals surface area (Å²) in [7, 11) is 1.68. The van der Waals surface area contributed by atoms with Crippen molar-refractivity contribution < 1.29 is 9.53 Å². The summed E-state index contributed by atoms with van der Waals surface area (Å²) in [5.74, 6) is 0.979. The number of fused-ring (bicyclic) bond motifs is 1. The molecule has 5 heteroatoms. The first-order valence-corrected chi connectivity index (χ1v) is 12.2. The molecule has 1 amide bonds. The van der Waals surface area contributed by atoms with Crippen molar-refractivity contribution in [3.05, 3.63) is 50.3 Å². The standard InChI is InChI=1S/C26H32N2O2S/c1-5-18-16-17(3)22-23(19-10-12-20(30-4)13-11-19)24(31-25(22)27-21(18)6-2)26(29)28-14-8-7-9-15-28/h10-13H,5-9,14-16H2,1-4H3. The van der Waals surface area contributed by atoms with Crippen LogP contribution in [0, 0.1) is 0 Å². The number of nitrogens with zero attached hydrogens (tertiary/aromatic N) is 2. The molecule has 31 heavy (non-hydrogen) atoms. The molecule has 0 unspecified atom stereocenters. The highest BCUT2D eigenvalue weighted by atomic mass is 32.1. The summed E-state index contributed by atoms with van der Waals surface area (Å²) in [4.78, 5) is 21.6. The fraction of sp³-hybridized carbons (Fsp3) is 0.462. The molecule has 0 N–H and O–H groups in total. The van der Waals surface area contributed by atoms with Crippen molar-refractivity contribution in [3.63, 3.8) is 0 Å². The Kier molecular flexibility index (Phi) is 6.61. The minimum atomic E-state index is 0.157. The fourth-order valence-electron chi connectivity index (χ4n) is 4.69. The highest BCUT2D eigenvalue weighted by Gasteiger charge is 2.26. The highest BCUT2D eigenvalue weighted by Crippen LogP contribution is 2.30. The first kappa shape index (κ1) is 21.8. The van der Waals surface area contributed by atoms with Gasteiger partial charge >= 0.3 is 0 Å². The number of hydrogen-bond donors (Lipinski definition) is 0. The van der Waals surface area contributed by atoms with Crippen LogP contribution in [0.5, 0.6) is 5.75 Å². The largest absolute Gasteiger partial charge is 0.497 e. The van der Waals surface area contributed by atoms with Gasteiger partial charge in [0.1, 0.15) is 15.3 Å². The van der Waals surface area contributed by atoms with E-state index in [1.807, 2.05) is 17.0 Å². The van der Waals surface area contributed by atoms with E-state index in [9.17, 15) is 4.79 Å². The van der Waals surface area contributed by atoms with Gasteiger partial charge in [0.05, 0.1) is 7.11 Å². The Hall–Kier alpha value is -2.40. The first-order valence-electron chi connectivity index (χ1n) is 11.4. The topological polar surface area (TPSA) is 41.9 Å². The predicted octanol–water partition coefficient (Wildman–Crippen LogP) is 5.32. The van der Waals surface area contributed by atoms with Gasteiger partial charge < -0.3 is 9.64 Å². The third-order valence-corrected chi connectivity index (χ3v) is 7.49. The molecular formula is C26H32N2O2S. The maximum Gasteiger partial charge on any atom is 0.264 e. The van der Waals surface area contributed by atoms with Gasteiger partial charge in [-0.3, -0.25) is 4.79 Å². The molecule has 2 aliphatic rings. The van der Waals surface area contributed by atoms with Gasteiger partial charge in [-0.2, -0.15) is 0 Å². The van der Waals surface area contributed by atoms with Gasteiger partial charge in [-0.15, -0.1) is 11.3 Å². The number of benzene rings is 1. The molecule has 0 spiro atoms. The van der Waals surface area contributed by atoms with Crippen molar-refractivity contribution in [2.24, 2.45) is 4.99 Å². The number of thiophene rings is 1. The third kappa shape index (κ3) is 4.20. The second-order valence-corrected chi connectivity index (χ2v) is 9.39. The van der Waals surface area contributed by atoms with Crippen molar-refractivity contribution in [1.29, 1.82) is 0 Å². The Morgan fingerprint density at radius 1 is 1.10 bits per heavy atom. The van der Waals surface area contributed by atoms with Crippen LogP contribution in [0.4, 0.5) is 0 Å². The summed E-state index contributed by atoms with van der Waals surface area (Å²) in [5.41, 5.74) is 6.00. The van der Waals surface area contributed by atoms with Crippen LogP contribution in [-0.4, -0.2) is 31.0 Å². The molecule has 0 aliphatic carbocycles. The molecule has 1 saturated heterocycles. The lowest BCUT2D eigenvalue weighted by molar-refractivity contribution is 0.0730. The Labute approximate surface area is 189 Å². The number of piperidine rings is 1. The van der Waals surface area contributed by atoms with Crippen LogP contribution in [0.3, 0.4) is 0 Å². The summed E-state index contributed by atoms with van der Waals surface area (Å²) in [6, 6.07) is 8.10. The van der Waals surface area contributed by atoms with Gasteiger partial charge in [-0.1, -0.05) is 31.6 Å². The molecule has 1 aromatic carbocycles. The summed E-state index contributed by atoms with van der Waals surface area (Å²) in [6.45, 7) is 8.29. The molecule has 3 heterocycles. The lowest BCUT2D eigenvalue weighted by atomic mass is 9.97. The summed E-state index contributed by atoms with van der Waals surface area (Å²) in [6.07, 6.45) is 6.24. The molecule has 164 valence electrons. The zero-order valence-corrected chi connectivity index (χ0v) is 19.9. The van der Waals surface area contributed by atoms with E-state index in [0.29, 0.717) is 0 Å². The highest BCUT2D eigenvalue weighted by molar-refractivity contribution is 7.12. The predicted molar refractivity (Wildman–Crippen MR) is 128 cm³/mol. The number of carbonyl (C=O) groups is 1. The molecule has 0 radical (unpaired) electrons. The molecule has 0 atom stereocenters. The van der Waals surface area contributed by atoms with E-state index in [1.165, 1.54) is 23.3 Å². The Morgan fingerprint density at radius 2 is 1.81 bits per heavy atom. The van der Waals surface area contributed by atoms with Gasteiger partial charge in [0, 0.05) is 29.6 Å². The Morgan fingerprint density at radius 3 is 2.42 bits per heavy atom. The van der Waals surface area contributed by atoms with Crippen LogP contribution in [-0.2, 0) is 0 Å². The zero-order chi connectivity index (χ0) is 22.0. The first-order chi connectivity index (χ1) is 15.1. The summed E-state index contributed by atoms with van der Waals surface area (Å²) >= 11 is 1.57. The maximum absolute atomic E-state index is 13.6. The van der Waals surface area contributed by atoms with Crippen molar-refractivity contribution in [1.82, 2.24) is 4.90 Å². The van der Waals surface area contributed by atoms with Crippen LogP contribution in [0.15, 0.2) is 40.5 Å². The molecular weight excluding hydrogens is 404 g/mol. The molecule has 0 bridgehead atoms. The zero-order valence-electron chi connectivity index (χ0n) is 19.1. The molecule has 0 saturated carbocycles. The van der Waals surface area contributed by atoms with Gasteiger partial charge in [-0.05, 0) is 68.7 Å². The van der Waals surface area contributed by atoms with E-state index in [-0.39, 0.29) is 5.91 Å². The number of amides is 1. The van der Waals surface area contributed by atoms with Crippen molar-refractivity contribution in [3.8, 4) is 16.9 Å². The Balaban J connectivity index is 1.96. The third-order valence-electron chi connectivity index (χ3n) is 6.42. The minimum absolute atomic E-state index is 0.157. The monoisotopic (exact) mass is 436 g/mol. The quantitative estimate of drug-likeness (QED) is 0.637. The van der Waals surface area contributed by atoms with Gasteiger partial charge in [0.2, 0.25) is 0 Å². The van der Waals surface area contributed by atoms with Gasteiger partial charge in [0.25, 0.3) is 5.91 Å². The number of hydrogen-bond acceptors (Lipinski definition) is 4. The van der Waals surface area contributed by atoms with E-state index >= 15 is 0 Å². The second-order valence-electron chi connectivity index (χ2n) is 8.39. The van der Waals surface area contributed by atoms with Crippen molar-refractivity contribution in [2.75, 3.05) is 20.2 Å². The SMILES string of the molecule is CCC1=C(CC)N=c2sc(C(=O)N3CCCCC3)c(-c3ccc(OC)cc3)c2=C(C)C1. The molecule has 1 aromatic heterocycles. The normalized spacial score (nSPS) is 16.6. The second kappa shape index (κ2) is 9.39. The summed E-state index contributed by atoms with van der Waals surface area (Å²) < 4.78 is 6.36. The number of methoxy groups -OCH3 is 1. The number of carbonyl (C=O) groups excluding carboxylic acids is 1. The van der Waals surface area contributed by atoms with E-state index in [1.54, 1.807) is 18.4 Å². The van der Waals surface area contributed by atoms with Crippen LogP contribution in [0.2, 0.25) is 0 Å². The lowest BCUT2D eigenvalue weighted by Gasteiger charge is -2.26. The molecule has 4 nitrogen and oxygen atoms in total. The van der Waals surface area contributed by atoms with E-state index in [2.05, 4.69) is 32.9 Å².